The molecule has 1 amide bonds. The number of amides is 1. The summed E-state index contributed by atoms with van der Waals surface area (Å²) in [5, 5.41) is 13.9. The van der Waals surface area contributed by atoms with Crippen LogP contribution in [-0.4, -0.2) is 47.4 Å². The predicted octanol–water partition coefficient (Wildman–Crippen LogP) is 2.68. The summed E-state index contributed by atoms with van der Waals surface area (Å²) in [5.74, 6) is -0.332. The average Bonchev–Trinajstić information content (AvgIpc) is 2.52. The van der Waals surface area contributed by atoms with Crippen LogP contribution in [0.25, 0.3) is 0 Å². The number of ether oxygens (including phenoxy) is 1. The first-order valence-corrected chi connectivity index (χ1v) is 8.08. The van der Waals surface area contributed by atoms with Gasteiger partial charge < -0.3 is 15.0 Å². The van der Waals surface area contributed by atoms with E-state index in [1.807, 2.05) is 0 Å². The van der Waals surface area contributed by atoms with Gasteiger partial charge in [-0.1, -0.05) is 0 Å². The number of alkyl carbamates (subject to hydrolysis) is 1. The lowest BCUT2D eigenvalue weighted by Crippen LogP contribution is -2.52. The minimum Gasteiger partial charge on any atom is -0.444 e. The number of aromatic nitrogens is 1. The van der Waals surface area contributed by atoms with Gasteiger partial charge in [0.15, 0.2) is 0 Å². The number of pyridine rings is 1. The van der Waals surface area contributed by atoms with Gasteiger partial charge in [0.25, 0.3) is 0 Å². The van der Waals surface area contributed by atoms with Gasteiger partial charge in [-0.25, -0.2) is 4.79 Å². The SMILES string of the molecule is CC(C)(C)OC(=O)N[C@@H]1C[C@H](CF)CN(c2ccncc2[N+](=O)[O-])C1. The molecule has 0 saturated carbocycles. The number of alkyl halides is 1. The number of piperidine rings is 1. The van der Waals surface area contributed by atoms with Crippen molar-refractivity contribution in [2.24, 2.45) is 5.92 Å². The van der Waals surface area contributed by atoms with E-state index in [1.165, 1.54) is 18.5 Å². The highest BCUT2D eigenvalue weighted by Gasteiger charge is 2.32. The number of rotatable bonds is 4. The van der Waals surface area contributed by atoms with E-state index in [4.69, 9.17) is 4.74 Å². The molecular weight excluding hydrogens is 331 g/mol. The molecule has 0 unspecified atom stereocenters. The first-order valence-electron chi connectivity index (χ1n) is 8.08. The Balaban J connectivity index is 2.15. The lowest BCUT2D eigenvalue weighted by atomic mass is 9.95. The highest BCUT2D eigenvalue weighted by Crippen LogP contribution is 2.30. The van der Waals surface area contributed by atoms with Gasteiger partial charge in [0.1, 0.15) is 17.5 Å². The minimum atomic E-state index is -0.637. The Morgan fingerprint density at radius 1 is 1.52 bits per heavy atom. The van der Waals surface area contributed by atoms with Crippen molar-refractivity contribution in [3.63, 3.8) is 0 Å². The minimum absolute atomic E-state index is 0.141. The van der Waals surface area contributed by atoms with Gasteiger partial charge in [0.05, 0.1) is 17.6 Å². The lowest BCUT2D eigenvalue weighted by molar-refractivity contribution is -0.384. The molecule has 9 heteroatoms. The van der Waals surface area contributed by atoms with Gasteiger partial charge in [0.2, 0.25) is 0 Å². The molecule has 1 aliphatic rings. The largest absolute Gasteiger partial charge is 0.444 e. The second-order valence-corrected chi connectivity index (χ2v) is 7.13. The number of nitrogens with zero attached hydrogens (tertiary/aromatic N) is 3. The number of hydrogen-bond acceptors (Lipinski definition) is 6. The lowest BCUT2D eigenvalue weighted by Gasteiger charge is -2.38. The third-order valence-electron chi connectivity index (χ3n) is 3.79. The Morgan fingerprint density at radius 2 is 2.24 bits per heavy atom. The molecule has 1 aromatic rings. The Labute approximate surface area is 145 Å². The highest BCUT2D eigenvalue weighted by atomic mass is 19.1. The van der Waals surface area contributed by atoms with Crippen molar-refractivity contribution >= 4 is 17.5 Å². The van der Waals surface area contributed by atoms with Crippen molar-refractivity contribution in [1.29, 1.82) is 0 Å². The van der Waals surface area contributed by atoms with Crippen LogP contribution in [0.4, 0.5) is 20.6 Å². The summed E-state index contributed by atoms with van der Waals surface area (Å²) in [4.78, 5) is 28.2. The highest BCUT2D eigenvalue weighted by molar-refractivity contribution is 5.68. The maximum absolute atomic E-state index is 13.3. The van der Waals surface area contributed by atoms with Crippen LogP contribution in [0.1, 0.15) is 27.2 Å². The second kappa shape index (κ2) is 7.62. The van der Waals surface area contributed by atoms with E-state index in [0.717, 1.165) is 0 Å². The van der Waals surface area contributed by atoms with E-state index in [0.29, 0.717) is 25.2 Å². The van der Waals surface area contributed by atoms with Crippen LogP contribution in [0.15, 0.2) is 18.5 Å². The van der Waals surface area contributed by atoms with Gasteiger partial charge in [-0.2, -0.15) is 0 Å². The van der Waals surface area contributed by atoms with Crippen LogP contribution in [0.3, 0.4) is 0 Å². The van der Waals surface area contributed by atoms with E-state index in [1.54, 1.807) is 25.7 Å². The van der Waals surface area contributed by atoms with E-state index >= 15 is 0 Å². The third-order valence-corrected chi connectivity index (χ3v) is 3.79. The van der Waals surface area contributed by atoms with Crippen molar-refractivity contribution in [3.05, 3.63) is 28.6 Å². The fourth-order valence-corrected chi connectivity index (χ4v) is 2.88. The maximum Gasteiger partial charge on any atom is 0.407 e. The first kappa shape index (κ1) is 18.9. The summed E-state index contributed by atoms with van der Waals surface area (Å²) >= 11 is 0. The maximum atomic E-state index is 13.3. The van der Waals surface area contributed by atoms with Crippen molar-refractivity contribution in [1.82, 2.24) is 10.3 Å². The molecule has 0 aromatic carbocycles. The predicted molar refractivity (Wildman–Crippen MR) is 90.3 cm³/mol. The summed E-state index contributed by atoms with van der Waals surface area (Å²) in [6, 6.07) is 1.17. The number of carbonyl (C=O) groups is 1. The number of halogens is 1. The molecular formula is C16H23FN4O4. The number of hydrogen-bond donors (Lipinski definition) is 1. The Kier molecular flexibility index (Phi) is 5.76. The molecule has 2 atom stereocenters. The van der Waals surface area contributed by atoms with Crippen LogP contribution in [0.5, 0.6) is 0 Å². The topological polar surface area (TPSA) is 97.6 Å². The van der Waals surface area contributed by atoms with Gasteiger partial charge >= 0.3 is 11.8 Å². The van der Waals surface area contributed by atoms with E-state index in [9.17, 15) is 19.3 Å². The van der Waals surface area contributed by atoms with Crippen LogP contribution in [0.2, 0.25) is 0 Å². The van der Waals surface area contributed by atoms with Gasteiger partial charge in [-0.15, -0.1) is 0 Å². The second-order valence-electron chi connectivity index (χ2n) is 7.13. The van der Waals surface area contributed by atoms with Crippen molar-refractivity contribution in [2.45, 2.75) is 38.8 Å². The monoisotopic (exact) mass is 354 g/mol. The molecule has 138 valence electrons. The van der Waals surface area contributed by atoms with Crippen molar-refractivity contribution in [2.75, 3.05) is 24.7 Å². The molecule has 1 N–H and O–H groups in total. The fraction of sp³-hybridized carbons (Fsp3) is 0.625. The molecule has 0 bridgehead atoms. The average molecular weight is 354 g/mol. The zero-order valence-electron chi connectivity index (χ0n) is 14.6. The quantitative estimate of drug-likeness (QED) is 0.659. The molecule has 1 aliphatic heterocycles. The molecule has 1 fully saturated rings. The zero-order valence-corrected chi connectivity index (χ0v) is 14.6. The number of carbonyl (C=O) groups excluding carboxylic acids is 1. The van der Waals surface area contributed by atoms with E-state index in [2.05, 4.69) is 10.3 Å². The van der Waals surface area contributed by atoms with Gasteiger partial charge in [0, 0.05) is 25.2 Å². The Morgan fingerprint density at radius 3 is 2.84 bits per heavy atom. The summed E-state index contributed by atoms with van der Waals surface area (Å²) in [6.45, 7) is 5.37. The number of anilines is 1. The number of nitrogens with one attached hydrogen (secondary N) is 1. The molecule has 2 rings (SSSR count). The van der Waals surface area contributed by atoms with Gasteiger partial charge in [-0.3, -0.25) is 19.5 Å². The molecule has 8 nitrogen and oxygen atoms in total. The summed E-state index contributed by atoms with van der Waals surface area (Å²) < 4.78 is 18.5. The molecule has 1 saturated heterocycles. The van der Waals surface area contributed by atoms with Crippen LogP contribution in [-0.2, 0) is 4.74 Å². The molecule has 1 aromatic heterocycles. The van der Waals surface area contributed by atoms with E-state index in [-0.39, 0.29) is 17.6 Å². The third kappa shape index (κ3) is 5.27. The standard InChI is InChI=1S/C16H23FN4O4/c1-16(2,3)25-15(22)19-12-6-11(7-17)9-20(10-12)13-4-5-18-8-14(13)21(23)24/h4-5,8,11-12H,6-7,9-10H2,1-3H3,(H,19,22)/t11-,12-/m1/s1. The molecule has 2 heterocycles. The molecule has 25 heavy (non-hydrogen) atoms. The summed E-state index contributed by atoms with van der Waals surface area (Å²) in [6.07, 6.45) is 2.49. The van der Waals surface area contributed by atoms with Crippen molar-refractivity contribution < 1.29 is 18.8 Å². The molecule has 0 radical (unpaired) electrons. The van der Waals surface area contributed by atoms with Crippen LogP contribution >= 0.6 is 0 Å². The smallest absolute Gasteiger partial charge is 0.407 e. The van der Waals surface area contributed by atoms with Gasteiger partial charge in [-0.05, 0) is 33.3 Å². The van der Waals surface area contributed by atoms with E-state index < -0.39 is 23.3 Å². The zero-order chi connectivity index (χ0) is 18.6. The fourth-order valence-electron chi connectivity index (χ4n) is 2.88. The first-order chi connectivity index (χ1) is 11.7. The van der Waals surface area contributed by atoms with Crippen molar-refractivity contribution in [3.8, 4) is 0 Å². The van der Waals surface area contributed by atoms with Crippen LogP contribution in [0, 0.1) is 16.0 Å². The van der Waals surface area contributed by atoms with Crippen LogP contribution < -0.4 is 10.2 Å². The Bertz CT molecular complexity index is 635. The Hall–Kier alpha value is -2.45. The molecule has 0 aliphatic carbocycles. The number of nitro groups is 1. The summed E-state index contributed by atoms with van der Waals surface area (Å²) in [7, 11) is 0. The molecule has 0 spiro atoms. The normalized spacial score (nSPS) is 20.9. The summed E-state index contributed by atoms with van der Waals surface area (Å²) in [5.41, 5.74) is -0.408.